The summed E-state index contributed by atoms with van der Waals surface area (Å²) in [4.78, 5) is 30.0. The normalized spacial score (nSPS) is 18.1. The lowest BCUT2D eigenvalue weighted by Gasteiger charge is -2.41. The van der Waals surface area contributed by atoms with E-state index in [2.05, 4.69) is 5.32 Å². The monoisotopic (exact) mass is 571 g/mol. The summed E-state index contributed by atoms with van der Waals surface area (Å²) >= 11 is 0. The molecule has 216 valence electrons. The van der Waals surface area contributed by atoms with E-state index >= 15 is 0 Å². The van der Waals surface area contributed by atoms with Crippen LogP contribution in [0.15, 0.2) is 54.6 Å². The van der Waals surface area contributed by atoms with Crippen LogP contribution in [0.1, 0.15) is 27.7 Å². The van der Waals surface area contributed by atoms with Crippen LogP contribution < -0.4 is 19.5 Å². The largest absolute Gasteiger partial charge is 0.493 e. The van der Waals surface area contributed by atoms with Gasteiger partial charge in [0, 0.05) is 25.2 Å². The third kappa shape index (κ3) is 5.27. The Morgan fingerprint density at radius 3 is 2.24 bits per heavy atom. The van der Waals surface area contributed by atoms with Gasteiger partial charge in [0.1, 0.15) is 12.3 Å². The van der Waals surface area contributed by atoms with E-state index in [0.717, 1.165) is 12.1 Å². The van der Waals surface area contributed by atoms with Crippen molar-refractivity contribution in [2.24, 2.45) is 0 Å². The molecule has 0 saturated carbocycles. The first-order chi connectivity index (χ1) is 19.5. The Hall–Kier alpha value is -4.29. The van der Waals surface area contributed by atoms with Gasteiger partial charge in [-0.05, 0) is 47.5 Å². The number of benzene rings is 3. The van der Waals surface area contributed by atoms with Crippen LogP contribution >= 0.6 is 0 Å². The van der Waals surface area contributed by atoms with Crippen LogP contribution in [0.5, 0.6) is 17.2 Å². The average molecular weight is 572 g/mol. The van der Waals surface area contributed by atoms with Crippen molar-refractivity contribution in [1.82, 2.24) is 9.80 Å². The SMILES string of the molecule is COc1cc(C(O)N2CCN3C(=O)c4cc(-c5cccc(C(F)(F)F)c5)ccc4NC(=O)C3C2)cc(OC)c1OC. The van der Waals surface area contributed by atoms with E-state index < -0.39 is 35.8 Å². The second-order valence-electron chi connectivity index (χ2n) is 9.67. The summed E-state index contributed by atoms with van der Waals surface area (Å²) in [7, 11) is 4.39. The molecule has 2 aliphatic rings. The number of hydrogen-bond acceptors (Lipinski definition) is 7. The molecule has 2 unspecified atom stereocenters. The van der Waals surface area contributed by atoms with Crippen molar-refractivity contribution in [2.45, 2.75) is 18.4 Å². The number of ether oxygens (including phenoxy) is 3. The quantitative estimate of drug-likeness (QED) is 0.458. The number of aliphatic hydroxyl groups is 1. The van der Waals surface area contributed by atoms with Gasteiger partial charge in [-0.1, -0.05) is 18.2 Å². The standard InChI is InChI=1S/C29H28F3N3O6/c1-39-23-13-18(14-24(40-2)25(23)41-3)27(37)34-9-10-35-22(15-34)26(36)33-21-8-7-17(12-20(21)28(35)38)16-5-4-6-19(11-16)29(30,31)32/h4-8,11-14,22,27,37H,9-10,15H2,1-3H3,(H,33,36). The van der Waals surface area contributed by atoms with Crippen molar-refractivity contribution in [3.8, 4) is 28.4 Å². The van der Waals surface area contributed by atoms with Crippen LogP contribution in [0.3, 0.4) is 0 Å². The number of nitrogens with one attached hydrogen (secondary N) is 1. The molecule has 1 saturated heterocycles. The summed E-state index contributed by atoms with van der Waals surface area (Å²) in [6.07, 6.45) is -5.66. The van der Waals surface area contributed by atoms with Gasteiger partial charge < -0.3 is 29.5 Å². The van der Waals surface area contributed by atoms with Crippen molar-refractivity contribution in [3.05, 3.63) is 71.3 Å². The van der Waals surface area contributed by atoms with Gasteiger partial charge in [-0.2, -0.15) is 13.2 Å². The number of carbonyl (C=O) groups is 2. The van der Waals surface area contributed by atoms with Crippen molar-refractivity contribution in [3.63, 3.8) is 0 Å². The van der Waals surface area contributed by atoms with Gasteiger partial charge >= 0.3 is 6.18 Å². The molecule has 12 heteroatoms. The Balaban J connectivity index is 1.41. The Morgan fingerprint density at radius 1 is 0.927 bits per heavy atom. The first kappa shape index (κ1) is 28.2. The van der Waals surface area contributed by atoms with E-state index in [-0.39, 0.29) is 30.9 Å². The molecular weight excluding hydrogens is 543 g/mol. The molecule has 3 aromatic carbocycles. The molecule has 0 aromatic heterocycles. The molecule has 0 radical (unpaired) electrons. The minimum Gasteiger partial charge on any atom is -0.493 e. The molecule has 2 heterocycles. The summed E-state index contributed by atoms with van der Waals surface area (Å²) in [6.45, 7) is 0.408. The zero-order valence-corrected chi connectivity index (χ0v) is 22.5. The molecule has 0 spiro atoms. The Morgan fingerprint density at radius 2 is 1.61 bits per heavy atom. The molecule has 2 N–H and O–H groups in total. The molecule has 41 heavy (non-hydrogen) atoms. The lowest BCUT2D eigenvalue weighted by molar-refractivity contribution is -0.137. The highest BCUT2D eigenvalue weighted by atomic mass is 19.4. The van der Waals surface area contributed by atoms with E-state index in [1.54, 1.807) is 23.1 Å². The average Bonchev–Trinajstić information content (AvgIpc) is 3.08. The molecule has 1 fully saturated rings. The maximum Gasteiger partial charge on any atom is 0.416 e. The number of rotatable bonds is 6. The van der Waals surface area contributed by atoms with Crippen LogP contribution in [0.2, 0.25) is 0 Å². The van der Waals surface area contributed by atoms with E-state index in [1.807, 2.05) is 0 Å². The molecule has 2 amide bonds. The number of aliphatic hydroxyl groups excluding tert-OH is 1. The maximum atomic E-state index is 13.6. The number of piperazine rings is 1. The van der Waals surface area contributed by atoms with Crippen LogP contribution in [0.25, 0.3) is 11.1 Å². The van der Waals surface area contributed by atoms with E-state index in [4.69, 9.17) is 14.2 Å². The number of nitrogens with zero attached hydrogens (tertiary/aromatic N) is 2. The van der Waals surface area contributed by atoms with Crippen LogP contribution in [-0.2, 0) is 11.0 Å². The van der Waals surface area contributed by atoms with Crippen LogP contribution in [-0.4, -0.2) is 73.7 Å². The van der Waals surface area contributed by atoms with Gasteiger partial charge in [-0.25, -0.2) is 0 Å². The van der Waals surface area contributed by atoms with Crippen molar-refractivity contribution < 1.29 is 42.1 Å². The molecular formula is C29H28F3N3O6. The molecule has 3 aromatic rings. The minimum atomic E-state index is -4.51. The number of halogens is 3. The fourth-order valence-corrected chi connectivity index (χ4v) is 5.21. The molecule has 0 aliphatic carbocycles. The first-order valence-electron chi connectivity index (χ1n) is 12.7. The molecule has 0 bridgehead atoms. The van der Waals surface area contributed by atoms with Crippen molar-refractivity contribution >= 4 is 17.5 Å². The summed E-state index contributed by atoms with van der Waals surface area (Å²) in [5.41, 5.74) is 0.790. The van der Waals surface area contributed by atoms with E-state index in [1.165, 1.54) is 50.5 Å². The number of alkyl halides is 3. The summed E-state index contributed by atoms with van der Waals surface area (Å²) in [5.74, 6) is 0.208. The lowest BCUT2D eigenvalue weighted by Crippen LogP contribution is -2.58. The van der Waals surface area contributed by atoms with E-state index in [9.17, 15) is 27.9 Å². The fourth-order valence-electron chi connectivity index (χ4n) is 5.21. The number of carbonyl (C=O) groups excluding carboxylic acids is 2. The molecule has 9 nitrogen and oxygen atoms in total. The van der Waals surface area contributed by atoms with Gasteiger partial charge in [0.15, 0.2) is 11.5 Å². The van der Waals surface area contributed by atoms with E-state index in [0.29, 0.717) is 33.9 Å². The Bertz CT molecular complexity index is 1470. The number of amides is 2. The van der Waals surface area contributed by atoms with Gasteiger partial charge in [-0.15, -0.1) is 0 Å². The topological polar surface area (TPSA) is 101 Å². The highest BCUT2D eigenvalue weighted by Gasteiger charge is 2.41. The predicted octanol–water partition coefficient (Wildman–Crippen LogP) is 4.17. The minimum absolute atomic E-state index is 0.0316. The third-order valence-electron chi connectivity index (χ3n) is 7.34. The van der Waals surface area contributed by atoms with Crippen molar-refractivity contribution in [1.29, 1.82) is 0 Å². The van der Waals surface area contributed by atoms with Gasteiger partial charge in [-0.3, -0.25) is 14.5 Å². The fraction of sp³-hybridized carbons (Fsp3) is 0.310. The number of methoxy groups -OCH3 is 3. The van der Waals surface area contributed by atoms with Gasteiger partial charge in [0.05, 0.1) is 38.1 Å². The van der Waals surface area contributed by atoms with Gasteiger partial charge in [0.25, 0.3) is 5.91 Å². The number of hydrogen-bond donors (Lipinski definition) is 2. The zero-order chi connectivity index (χ0) is 29.5. The lowest BCUT2D eigenvalue weighted by atomic mass is 9.99. The summed E-state index contributed by atoms with van der Waals surface area (Å²) < 4.78 is 55.9. The van der Waals surface area contributed by atoms with Crippen LogP contribution in [0.4, 0.5) is 18.9 Å². The Labute approximate surface area is 234 Å². The summed E-state index contributed by atoms with van der Waals surface area (Å²) in [5, 5.41) is 14.0. The third-order valence-corrected chi connectivity index (χ3v) is 7.34. The summed E-state index contributed by atoms with van der Waals surface area (Å²) in [6, 6.07) is 11.7. The predicted molar refractivity (Wildman–Crippen MR) is 143 cm³/mol. The Kier molecular flexibility index (Phi) is 7.54. The molecule has 5 rings (SSSR count). The number of fused-ring (bicyclic) bond motifs is 2. The zero-order valence-electron chi connectivity index (χ0n) is 22.5. The smallest absolute Gasteiger partial charge is 0.416 e. The maximum absolute atomic E-state index is 13.6. The van der Waals surface area contributed by atoms with Crippen molar-refractivity contribution in [2.75, 3.05) is 46.3 Å². The van der Waals surface area contributed by atoms with Gasteiger partial charge in [0.2, 0.25) is 11.7 Å². The first-order valence-corrected chi connectivity index (χ1v) is 12.7. The van der Waals surface area contributed by atoms with Crippen LogP contribution in [0, 0.1) is 0 Å². The molecule has 2 aliphatic heterocycles. The second kappa shape index (κ2) is 10.9. The highest BCUT2D eigenvalue weighted by molar-refractivity contribution is 6.10. The second-order valence-corrected chi connectivity index (χ2v) is 9.67. The molecule has 2 atom stereocenters. The number of anilines is 1. The highest BCUT2D eigenvalue weighted by Crippen LogP contribution is 2.41.